The Hall–Kier alpha value is -1.14. The maximum Gasteiger partial charge on any atom is 0.344 e. The third-order valence-corrected chi connectivity index (χ3v) is 2.61. The number of hydrogen-bond acceptors (Lipinski definition) is 3. The van der Waals surface area contributed by atoms with Crippen molar-refractivity contribution in [3.8, 4) is 0 Å². The predicted molar refractivity (Wildman–Crippen MR) is 66.4 cm³/mol. The maximum absolute atomic E-state index is 11.5. The van der Waals surface area contributed by atoms with Crippen LogP contribution in [0.5, 0.6) is 0 Å². The van der Waals surface area contributed by atoms with E-state index in [1.807, 2.05) is 6.07 Å². The van der Waals surface area contributed by atoms with Gasteiger partial charge in [0.25, 0.3) is 0 Å². The van der Waals surface area contributed by atoms with Crippen LogP contribution in [0.15, 0.2) is 34.0 Å². The summed E-state index contributed by atoms with van der Waals surface area (Å²) in [4.78, 5) is 21.9. The number of benzene rings is 1. The quantitative estimate of drug-likeness (QED) is 0.527. The zero-order chi connectivity index (χ0) is 12.0. The van der Waals surface area contributed by atoms with Crippen LogP contribution in [0.4, 0.5) is 10.5 Å². The minimum Gasteiger partial charge on any atom is -0.305 e. The molecule has 0 heterocycles. The van der Waals surface area contributed by atoms with Crippen molar-refractivity contribution in [3.05, 3.63) is 33.6 Å². The van der Waals surface area contributed by atoms with Crippen LogP contribution in [-0.4, -0.2) is 23.5 Å². The SMILES string of the molecule is O=NN(CCCl)C(=O)Nc1ccccc1Br. The normalized spacial score (nSPS) is 9.62. The van der Waals surface area contributed by atoms with E-state index in [1.165, 1.54) is 0 Å². The van der Waals surface area contributed by atoms with E-state index in [9.17, 15) is 9.70 Å². The first-order valence-corrected chi connectivity index (χ1v) is 5.74. The van der Waals surface area contributed by atoms with E-state index < -0.39 is 6.03 Å². The number of hydrogen-bond donors (Lipinski definition) is 1. The molecular weight excluding hydrogens is 297 g/mol. The average Bonchev–Trinajstić information content (AvgIpc) is 2.29. The topological polar surface area (TPSA) is 61.8 Å². The molecule has 16 heavy (non-hydrogen) atoms. The van der Waals surface area contributed by atoms with Crippen LogP contribution >= 0.6 is 27.5 Å². The Bertz CT molecular complexity index is 389. The van der Waals surface area contributed by atoms with Gasteiger partial charge in [-0.05, 0) is 28.1 Å². The maximum atomic E-state index is 11.5. The highest BCUT2D eigenvalue weighted by Gasteiger charge is 2.14. The van der Waals surface area contributed by atoms with Crippen molar-refractivity contribution >= 4 is 39.2 Å². The Morgan fingerprint density at radius 3 is 2.75 bits per heavy atom. The molecule has 5 nitrogen and oxygen atoms in total. The third-order valence-electron chi connectivity index (χ3n) is 1.74. The van der Waals surface area contributed by atoms with Gasteiger partial charge in [0, 0.05) is 10.4 Å². The van der Waals surface area contributed by atoms with Crippen molar-refractivity contribution in [2.75, 3.05) is 17.7 Å². The summed E-state index contributed by atoms with van der Waals surface area (Å²) >= 11 is 8.69. The number of alkyl halides is 1. The lowest BCUT2D eigenvalue weighted by atomic mass is 10.3. The van der Waals surface area contributed by atoms with Gasteiger partial charge in [-0.2, -0.15) is 5.01 Å². The van der Waals surface area contributed by atoms with Gasteiger partial charge >= 0.3 is 6.03 Å². The van der Waals surface area contributed by atoms with E-state index in [0.29, 0.717) is 5.69 Å². The molecule has 0 bridgehead atoms. The number of nitrogens with zero attached hydrogens (tertiary/aromatic N) is 2. The number of nitroso groups, excluding NO2 is 1. The predicted octanol–water partition coefficient (Wildman–Crippen LogP) is 3.20. The largest absolute Gasteiger partial charge is 0.344 e. The second-order valence-corrected chi connectivity index (χ2v) is 4.04. The Morgan fingerprint density at radius 1 is 1.50 bits per heavy atom. The molecule has 86 valence electrons. The molecule has 0 aromatic heterocycles. The molecule has 0 aliphatic heterocycles. The summed E-state index contributed by atoms with van der Waals surface area (Å²) in [5, 5.41) is 5.84. The standard InChI is InChI=1S/C9H9BrClN3O2/c10-7-3-1-2-4-8(7)12-9(15)14(13-16)6-5-11/h1-4H,5-6H2,(H,12,15). The fourth-order valence-electron chi connectivity index (χ4n) is 1.00. The molecule has 0 unspecified atom stereocenters. The molecule has 2 amide bonds. The number of urea groups is 1. The first-order valence-electron chi connectivity index (χ1n) is 4.41. The Labute approximate surface area is 106 Å². The van der Waals surface area contributed by atoms with Gasteiger partial charge in [0.15, 0.2) is 0 Å². The number of carbonyl (C=O) groups is 1. The molecule has 0 aliphatic rings. The van der Waals surface area contributed by atoms with Crippen LogP contribution in [0.2, 0.25) is 0 Å². The molecule has 1 aromatic rings. The zero-order valence-electron chi connectivity index (χ0n) is 8.19. The molecule has 0 atom stereocenters. The van der Waals surface area contributed by atoms with Crippen molar-refractivity contribution in [1.29, 1.82) is 0 Å². The second-order valence-electron chi connectivity index (χ2n) is 2.80. The molecule has 1 aromatic carbocycles. The summed E-state index contributed by atoms with van der Waals surface area (Å²) in [5.74, 6) is 0.148. The van der Waals surface area contributed by atoms with Gasteiger partial charge in [-0.3, -0.25) is 0 Å². The van der Waals surface area contributed by atoms with Crippen molar-refractivity contribution in [1.82, 2.24) is 5.01 Å². The molecule has 0 radical (unpaired) electrons. The molecule has 7 heteroatoms. The number of nitrogens with one attached hydrogen (secondary N) is 1. The minimum atomic E-state index is -0.609. The zero-order valence-corrected chi connectivity index (χ0v) is 10.5. The van der Waals surface area contributed by atoms with E-state index in [2.05, 4.69) is 26.5 Å². The van der Waals surface area contributed by atoms with Crippen LogP contribution in [0.3, 0.4) is 0 Å². The summed E-state index contributed by atoms with van der Waals surface area (Å²) in [7, 11) is 0. The number of halogens is 2. The lowest BCUT2D eigenvalue weighted by Crippen LogP contribution is -2.31. The van der Waals surface area contributed by atoms with E-state index in [4.69, 9.17) is 11.6 Å². The number of amides is 2. The van der Waals surface area contributed by atoms with E-state index >= 15 is 0 Å². The summed E-state index contributed by atoms with van der Waals surface area (Å²) < 4.78 is 0.722. The molecule has 0 aliphatic carbocycles. The molecule has 0 saturated carbocycles. The fourth-order valence-corrected chi connectivity index (χ4v) is 1.55. The Kier molecular flexibility index (Phi) is 5.21. The summed E-state index contributed by atoms with van der Waals surface area (Å²) in [6.45, 7) is 0.0708. The smallest absolute Gasteiger partial charge is 0.305 e. The molecular formula is C9H9BrClN3O2. The number of rotatable bonds is 4. The second kappa shape index (κ2) is 6.44. The Morgan fingerprint density at radius 2 is 2.19 bits per heavy atom. The van der Waals surface area contributed by atoms with Gasteiger partial charge in [-0.1, -0.05) is 12.1 Å². The van der Waals surface area contributed by atoms with Crippen molar-refractivity contribution in [3.63, 3.8) is 0 Å². The summed E-state index contributed by atoms with van der Waals surface area (Å²) in [6.07, 6.45) is 0. The average molecular weight is 307 g/mol. The molecule has 0 fully saturated rings. The van der Waals surface area contributed by atoms with Crippen molar-refractivity contribution < 1.29 is 4.79 Å². The van der Waals surface area contributed by atoms with E-state index in [1.54, 1.807) is 18.2 Å². The first kappa shape index (κ1) is 12.9. The van der Waals surface area contributed by atoms with Crippen molar-refractivity contribution in [2.45, 2.75) is 0 Å². The molecule has 1 rings (SSSR count). The lowest BCUT2D eigenvalue weighted by Gasteiger charge is -2.13. The highest BCUT2D eigenvalue weighted by atomic mass is 79.9. The van der Waals surface area contributed by atoms with Gasteiger partial charge in [0.05, 0.1) is 17.5 Å². The lowest BCUT2D eigenvalue weighted by molar-refractivity contribution is 0.216. The van der Waals surface area contributed by atoms with Crippen LogP contribution < -0.4 is 5.32 Å². The van der Waals surface area contributed by atoms with Gasteiger partial charge < -0.3 is 5.32 Å². The number of para-hydroxylation sites is 1. The highest BCUT2D eigenvalue weighted by molar-refractivity contribution is 9.10. The van der Waals surface area contributed by atoms with Crippen LogP contribution in [-0.2, 0) is 0 Å². The first-order chi connectivity index (χ1) is 7.69. The van der Waals surface area contributed by atoms with Crippen LogP contribution in [0, 0.1) is 4.91 Å². The number of anilines is 1. The monoisotopic (exact) mass is 305 g/mol. The van der Waals surface area contributed by atoms with E-state index in [-0.39, 0.29) is 12.4 Å². The minimum absolute atomic E-state index is 0.0708. The Balaban J connectivity index is 2.70. The molecule has 0 spiro atoms. The summed E-state index contributed by atoms with van der Waals surface area (Å²) in [5.41, 5.74) is 0.565. The van der Waals surface area contributed by atoms with Crippen molar-refractivity contribution in [2.24, 2.45) is 5.29 Å². The molecule has 1 N–H and O–H groups in total. The van der Waals surface area contributed by atoms with E-state index in [0.717, 1.165) is 9.48 Å². The number of carbonyl (C=O) groups excluding carboxylic acids is 1. The van der Waals surface area contributed by atoms with Gasteiger partial charge in [0.2, 0.25) is 0 Å². The highest BCUT2D eigenvalue weighted by Crippen LogP contribution is 2.21. The summed E-state index contributed by atoms with van der Waals surface area (Å²) in [6, 6.07) is 6.44. The fraction of sp³-hybridized carbons (Fsp3) is 0.222. The van der Waals surface area contributed by atoms with Crippen LogP contribution in [0.1, 0.15) is 0 Å². The molecule has 0 saturated heterocycles. The van der Waals surface area contributed by atoms with Gasteiger partial charge in [-0.15, -0.1) is 16.5 Å². The van der Waals surface area contributed by atoms with Crippen LogP contribution in [0.25, 0.3) is 0 Å². The third kappa shape index (κ3) is 3.46. The van der Waals surface area contributed by atoms with Gasteiger partial charge in [-0.25, -0.2) is 4.79 Å². The van der Waals surface area contributed by atoms with Gasteiger partial charge in [0.1, 0.15) is 0 Å².